The van der Waals surface area contributed by atoms with Crippen molar-refractivity contribution >= 4 is 27.7 Å². The zero-order valence-corrected chi connectivity index (χ0v) is 9.81. The molecule has 0 saturated carbocycles. The van der Waals surface area contributed by atoms with Gasteiger partial charge in [-0.05, 0) is 0 Å². The number of alkyl halides is 1. The van der Waals surface area contributed by atoms with Crippen molar-refractivity contribution in [3.63, 3.8) is 0 Å². The zero-order chi connectivity index (χ0) is 11.5. The van der Waals surface area contributed by atoms with E-state index in [1.165, 1.54) is 0 Å². The molecule has 3 aliphatic heterocycles. The number of carbonyl (C=O) groups is 2. The Hall–Kier alpha value is -1.12. The number of terminal acetylenes is 1. The lowest BCUT2D eigenvalue weighted by Gasteiger charge is -2.22. The van der Waals surface area contributed by atoms with Gasteiger partial charge in [-0.3, -0.25) is 14.5 Å². The maximum absolute atomic E-state index is 12.1. The lowest BCUT2D eigenvalue weighted by Crippen LogP contribution is -2.44. The maximum Gasteiger partial charge on any atom is 0.250 e. The van der Waals surface area contributed by atoms with Crippen LogP contribution in [0.4, 0.5) is 0 Å². The van der Waals surface area contributed by atoms with E-state index in [1.54, 1.807) is 0 Å². The number of amides is 2. The number of nitrogens with zero attached hydrogens (tertiary/aromatic N) is 1. The van der Waals surface area contributed by atoms with Crippen molar-refractivity contribution in [2.45, 2.75) is 16.5 Å². The van der Waals surface area contributed by atoms with Gasteiger partial charge in [-0.15, -0.1) is 6.42 Å². The number of halogens is 1. The number of fused-ring (bicyclic) bond motifs is 5. The van der Waals surface area contributed by atoms with Crippen LogP contribution in [-0.2, 0) is 14.3 Å². The SMILES string of the molecule is C#CCN1C(=O)C2C3C=CC(O3)C2(Br)C1=O. The van der Waals surface area contributed by atoms with Gasteiger partial charge in [0.1, 0.15) is 10.4 Å². The molecule has 0 aromatic heterocycles. The standard InChI is InChI=1S/C11H8BrNO3/c1-2-5-13-9(14)8-6-3-4-7(16-6)11(8,12)10(13)15/h1,3-4,6-8H,5H2. The number of hydrogen-bond donors (Lipinski definition) is 0. The highest BCUT2D eigenvalue weighted by molar-refractivity contribution is 9.10. The summed E-state index contributed by atoms with van der Waals surface area (Å²) < 4.78 is 4.60. The van der Waals surface area contributed by atoms with E-state index in [-0.39, 0.29) is 30.6 Å². The van der Waals surface area contributed by atoms with Gasteiger partial charge in [0.2, 0.25) is 5.91 Å². The van der Waals surface area contributed by atoms with Gasteiger partial charge in [0.15, 0.2) is 0 Å². The van der Waals surface area contributed by atoms with Crippen molar-refractivity contribution in [3.8, 4) is 12.3 Å². The Morgan fingerprint density at radius 3 is 2.94 bits per heavy atom. The predicted octanol–water partition coefficient (Wildman–Crippen LogP) is 0.0755. The molecule has 3 rings (SSSR count). The van der Waals surface area contributed by atoms with Crippen LogP contribution in [0.25, 0.3) is 0 Å². The summed E-state index contributed by atoms with van der Waals surface area (Å²) in [4.78, 5) is 25.3. The van der Waals surface area contributed by atoms with Crippen LogP contribution < -0.4 is 0 Å². The quantitative estimate of drug-likeness (QED) is 0.296. The topological polar surface area (TPSA) is 46.6 Å². The lowest BCUT2D eigenvalue weighted by atomic mass is 9.85. The molecule has 2 fully saturated rings. The maximum atomic E-state index is 12.1. The Balaban J connectivity index is 2.06. The van der Waals surface area contributed by atoms with E-state index in [9.17, 15) is 9.59 Å². The van der Waals surface area contributed by atoms with Crippen molar-refractivity contribution in [2.75, 3.05) is 6.54 Å². The fourth-order valence-electron chi connectivity index (χ4n) is 2.61. The largest absolute Gasteiger partial charge is 0.364 e. The first-order valence-electron chi connectivity index (χ1n) is 4.92. The van der Waals surface area contributed by atoms with Crippen molar-refractivity contribution in [1.29, 1.82) is 0 Å². The summed E-state index contributed by atoms with van der Waals surface area (Å²) in [6, 6.07) is 0. The summed E-state index contributed by atoms with van der Waals surface area (Å²) in [6.45, 7) is 0.0287. The number of rotatable bonds is 1. The van der Waals surface area contributed by atoms with Crippen molar-refractivity contribution in [1.82, 2.24) is 4.90 Å². The van der Waals surface area contributed by atoms with Crippen LogP contribution in [-0.4, -0.2) is 39.8 Å². The predicted molar refractivity (Wildman–Crippen MR) is 58.5 cm³/mol. The molecule has 5 heteroatoms. The monoisotopic (exact) mass is 281 g/mol. The van der Waals surface area contributed by atoms with Crippen LogP contribution in [0.2, 0.25) is 0 Å². The smallest absolute Gasteiger partial charge is 0.250 e. The Labute approximate surface area is 101 Å². The number of ether oxygens (including phenoxy) is 1. The van der Waals surface area contributed by atoms with Gasteiger partial charge in [0.25, 0.3) is 5.91 Å². The minimum Gasteiger partial charge on any atom is -0.364 e. The summed E-state index contributed by atoms with van der Waals surface area (Å²) in [5.41, 5.74) is 0. The summed E-state index contributed by atoms with van der Waals surface area (Å²) in [5, 5.41) is 0. The molecular weight excluding hydrogens is 274 g/mol. The second-order valence-electron chi connectivity index (χ2n) is 4.09. The van der Waals surface area contributed by atoms with Crippen LogP contribution in [0.15, 0.2) is 12.2 Å². The molecule has 3 heterocycles. The molecule has 0 aromatic rings. The first kappa shape index (κ1) is 10.1. The van der Waals surface area contributed by atoms with Crippen LogP contribution >= 0.6 is 15.9 Å². The van der Waals surface area contributed by atoms with E-state index < -0.39 is 10.2 Å². The molecule has 3 aliphatic rings. The Kier molecular flexibility index (Phi) is 1.86. The molecule has 0 N–H and O–H groups in total. The second-order valence-corrected chi connectivity index (χ2v) is 5.40. The zero-order valence-electron chi connectivity index (χ0n) is 8.22. The van der Waals surface area contributed by atoms with Crippen molar-refractivity contribution < 1.29 is 14.3 Å². The molecule has 0 radical (unpaired) electrons. The fourth-order valence-corrected chi connectivity index (χ4v) is 3.54. The molecule has 0 spiro atoms. The first-order valence-corrected chi connectivity index (χ1v) is 5.72. The van der Waals surface area contributed by atoms with Crippen molar-refractivity contribution in [2.24, 2.45) is 5.92 Å². The second kappa shape index (κ2) is 2.96. The minimum atomic E-state index is -0.930. The minimum absolute atomic E-state index is 0.0287. The molecule has 4 nitrogen and oxygen atoms in total. The van der Waals surface area contributed by atoms with Gasteiger partial charge in [-0.2, -0.15) is 0 Å². The summed E-state index contributed by atoms with van der Waals surface area (Å²) in [6.07, 6.45) is 8.14. The van der Waals surface area contributed by atoms with E-state index >= 15 is 0 Å². The average molecular weight is 282 g/mol. The van der Waals surface area contributed by atoms with Gasteiger partial charge in [-0.1, -0.05) is 34.0 Å². The van der Waals surface area contributed by atoms with Crippen LogP contribution in [0, 0.1) is 18.3 Å². The molecule has 82 valence electrons. The van der Waals surface area contributed by atoms with Crippen LogP contribution in [0.3, 0.4) is 0 Å². The highest BCUT2D eigenvalue weighted by atomic mass is 79.9. The normalized spacial score (nSPS) is 44.0. The third kappa shape index (κ3) is 0.902. The van der Waals surface area contributed by atoms with E-state index in [4.69, 9.17) is 11.2 Å². The Morgan fingerprint density at radius 1 is 1.56 bits per heavy atom. The van der Waals surface area contributed by atoms with Crippen LogP contribution in [0.1, 0.15) is 0 Å². The summed E-state index contributed by atoms with van der Waals surface area (Å²) >= 11 is 3.39. The highest BCUT2D eigenvalue weighted by Crippen LogP contribution is 2.53. The lowest BCUT2D eigenvalue weighted by molar-refractivity contribution is -0.141. The third-order valence-corrected chi connectivity index (χ3v) is 4.61. The highest BCUT2D eigenvalue weighted by Gasteiger charge is 2.70. The van der Waals surface area contributed by atoms with E-state index in [1.807, 2.05) is 12.2 Å². The average Bonchev–Trinajstić information content (AvgIpc) is 2.87. The molecule has 2 bridgehead atoms. The number of likely N-dealkylation sites (tertiary alicyclic amines) is 1. The number of hydrogen-bond acceptors (Lipinski definition) is 3. The molecule has 2 saturated heterocycles. The van der Waals surface area contributed by atoms with Gasteiger partial charge >= 0.3 is 0 Å². The van der Waals surface area contributed by atoms with Gasteiger partial charge in [0.05, 0.1) is 18.6 Å². The molecule has 16 heavy (non-hydrogen) atoms. The number of carbonyl (C=O) groups excluding carboxylic acids is 2. The van der Waals surface area contributed by atoms with Crippen LogP contribution in [0.5, 0.6) is 0 Å². The van der Waals surface area contributed by atoms with Crippen molar-refractivity contribution in [3.05, 3.63) is 12.2 Å². The summed E-state index contributed by atoms with van der Waals surface area (Å²) in [7, 11) is 0. The molecule has 0 aromatic carbocycles. The van der Waals surface area contributed by atoms with Gasteiger partial charge in [-0.25, -0.2) is 0 Å². The van der Waals surface area contributed by atoms with Gasteiger partial charge < -0.3 is 4.74 Å². The van der Waals surface area contributed by atoms with Gasteiger partial charge in [0, 0.05) is 0 Å². The van der Waals surface area contributed by atoms with E-state index in [2.05, 4.69) is 21.9 Å². The van der Waals surface area contributed by atoms with E-state index in [0.717, 1.165) is 4.90 Å². The Bertz CT molecular complexity index is 466. The molecule has 4 atom stereocenters. The van der Waals surface area contributed by atoms with E-state index in [0.29, 0.717) is 0 Å². The molecule has 0 aliphatic carbocycles. The first-order chi connectivity index (χ1) is 7.60. The summed E-state index contributed by atoms with van der Waals surface area (Å²) in [5.74, 6) is 1.34. The number of imide groups is 1. The third-order valence-electron chi connectivity index (χ3n) is 3.33. The molecular formula is C11H8BrNO3. The Morgan fingerprint density at radius 2 is 2.31 bits per heavy atom. The molecule has 2 amide bonds. The molecule has 4 unspecified atom stereocenters. The fraction of sp³-hybridized carbons (Fsp3) is 0.455.